The highest BCUT2D eigenvalue weighted by molar-refractivity contribution is 5.97. The number of esters is 1. The summed E-state index contributed by atoms with van der Waals surface area (Å²) in [6.45, 7) is 2.08. The first-order chi connectivity index (χ1) is 11.2. The third kappa shape index (κ3) is 1.80. The fraction of sp³-hybridized carbons (Fsp3) is 0.368. The average Bonchev–Trinajstić information content (AvgIpc) is 3.19. The molecule has 0 saturated heterocycles. The fourth-order valence-electron chi connectivity index (χ4n) is 4.11. The molecule has 2 aliphatic rings. The molecule has 1 N–H and O–H groups in total. The monoisotopic (exact) mass is 306 g/mol. The zero-order valence-electron chi connectivity index (χ0n) is 13.1. The number of nitriles is 1. The van der Waals surface area contributed by atoms with Gasteiger partial charge in [-0.15, -0.1) is 0 Å². The number of nitrogens with zero attached hydrogens (tertiary/aromatic N) is 1. The number of hydrogen-bond acceptors (Lipinski definition) is 3. The second kappa shape index (κ2) is 4.99. The maximum Gasteiger partial charge on any atom is 0.331 e. The Kier molecular flexibility index (Phi) is 3.05. The van der Waals surface area contributed by atoms with E-state index in [0.717, 1.165) is 52.6 Å². The highest BCUT2D eigenvalue weighted by atomic mass is 16.5. The zero-order valence-corrected chi connectivity index (χ0v) is 13.1. The lowest BCUT2D eigenvalue weighted by Gasteiger charge is -2.31. The van der Waals surface area contributed by atoms with E-state index in [1.165, 1.54) is 0 Å². The smallest absolute Gasteiger partial charge is 0.331 e. The van der Waals surface area contributed by atoms with Gasteiger partial charge in [-0.1, -0.05) is 18.2 Å². The van der Waals surface area contributed by atoms with E-state index in [1.807, 2.05) is 18.2 Å². The number of H-pyrrole nitrogens is 1. The van der Waals surface area contributed by atoms with Gasteiger partial charge in [-0.25, -0.2) is 4.79 Å². The molecule has 2 aliphatic carbocycles. The van der Waals surface area contributed by atoms with Gasteiger partial charge in [0.2, 0.25) is 0 Å². The number of nitrogens with one attached hydrogen (secondary N) is 1. The van der Waals surface area contributed by atoms with Crippen LogP contribution in [0.25, 0.3) is 16.5 Å². The van der Waals surface area contributed by atoms with Gasteiger partial charge in [0.1, 0.15) is 0 Å². The van der Waals surface area contributed by atoms with E-state index in [1.54, 1.807) is 6.92 Å². The van der Waals surface area contributed by atoms with E-state index in [-0.39, 0.29) is 0 Å². The van der Waals surface area contributed by atoms with Crippen molar-refractivity contribution in [2.75, 3.05) is 6.61 Å². The van der Waals surface area contributed by atoms with Crippen LogP contribution in [0.4, 0.5) is 0 Å². The number of carbonyl (C=O) groups is 1. The summed E-state index contributed by atoms with van der Waals surface area (Å²) in [7, 11) is 0. The molecule has 1 unspecified atom stereocenters. The van der Waals surface area contributed by atoms with Gasteiger partial charge >= 0.3 is 5.97 Å². The van der Waals surface area contributed by atoms with E-state index < -0.39 is 11.4 Å². The fourth-order valence-corrected chi connectivity index (χ4v) is 4.11. The van der Waals surface area contributed by atoms with Crippen LogP contribution in [0.3, 0.4) is 0 Å². The maximum absolute atomic E-state index is 12.7. The highest BCUT2D eigenvalue weighted by Crippen LogP contribution is 2.52. The van der Waals surface area contributed by atoms with Gasteiger partial charge in [0.15, 0.2) is 5.41 Å². The zero-order chi connectivity index (χ0) is 16.0. The van der Waals surface area contributed by atoms with Crippen LogP contribution >= 0.6 is 0 Å². The molecule has 0 fully saturated rings. The largest absolute Gasteiger partial charge is 0.465 e. The number of aromatic nitrogens is 1. The summed E-state index contributed by atoms with van der Waals surface area (Å²) in [4.78, 5) is 16.2. The molecule has 4 rings (SSSR count). The number of ether oxygens (including phenoxy) is 1. The third-order valence-corrected chi connectivity index (χ3v) is 5.11. The summed E-state index contributed by atoms with van der Waals surface area (Å²) in [6, 6.07) is 10.4. The van der Waals surface area contributed by atoms with Crippen LogP contribution in [0.5, 0.6) is 0 Å². The summed E-state index contributed by atoms with van der Waals surface area (Å²) in [5.41, 5.74) is 4.23. The lowest BCUT2D eigenvalue weighted by molar-refractivity contribution is -0.150. The van der Waals surface area contributed by atoms with Gasteiger partial charge in [0.05, 0.1) is 12.7 Å². The third-order valence-electron chi connectivity index (χ3n) is 5.11. The van der Waals surface area contributed by atoms with Gasteiger partial charge < -0.3 is 9.72 Å². The number of rotatable bonds is 2. The summed E-state index contributed by atoms with van der Waals surface area (Å²) >= 11 is 0. The van der Waals surface area contributed by atoms with Crippen LogP contribution in [0, 0.1) is 16.7 Å². The Morgan fingerprint density at radius 3 is 3.00 bits per heavy atom. The molecule has 0 aliphatic heterocycles. The van der Waals surface area contributed by atoms with Crippen LogP contribution in [0.1, 0.15) is 37.4 Å². The van der Waals surface area contributed by atoms with Gasteiger partial charge in [-0.05, 0) is 49.0 Å². The summed E-state index contributed by atoms with van der Waals surface area (Å²) < 4.78 is 5.28. The predicted molar refractivity (Wildman–Crippen MR) is 87.5 cm³/mol. The number of hydrogen-bond donors (Lipinski definition) is 1. The van der Waals surface area contributed by atoms with Crippen molar-refractivity contribution in [2.45, 2.75) is 32.6 Å². The summed E-state index contributed by atoms with van der Waals surface area (Å²) in [5, 5.41) is 11.0. The van der Waals surface area contributed by atoms with Crippen LogP contribution < -0.4 is 0 Å². The minimum absolute atomic E-state index is 0.297. The van der Waals surface area contributed by atoms with Crippen molar-refractivity contribution in [1.29, 1.82) is 5.26 Å². The van der Waals surface area contributed by atoms with Crippen LogP contribution in [0.2, 0.25) is 0 Å². The van der Waals surface area contributed by atoms with Gasteiger partial charge in [0.25, 0.3) is 0 Å². The molecule has 1 aromatic carbocycles. The average molecular weight is 306 g/mol. The van der Waals surface area contributed by atoms with Gasteiger partial charge in [0, 0.05) is 23.0 Å². The second-order valence-corrected chi connectivity index (χ2v) is 6.25. The van der Waals surface area contributed by atoms with Crippen molar-refractivity contribution in [3.63, 3.8) is 0 Å². The Hall–Kier alpha value is -2.54. The Balaban J connectivity index is 1.98. The molecule has 1 atom stereocenters. The number of para-hydroxylation sites is 1. The quantitative estimate of drug-likeness (QED) is 0.860. The van der Waals surface area contributed by atoms with Gasteiger partial charge in [-0.3, -0.25) is 0 Å². The minimum atomic E-state index is -1.15. The molecular formula is C19H18N2O2. The first-order valence-electron chi connectivity index (χ1n) is 8.12. The molecule has 4 nitrogen and oxygen atoms in total. The molecule has 4 heteroatoms. The standard InChI is InChI=1S/C19H18N2O2/c1-2-23-18(22)19(11-20)10-14-12-6-3-4-9-16(12)21-17(14)13-7-5-8-15(13)19/h3-4,6,9,21H,2,5,7-8,10H2,1H3. The number of benzene rings is 1. The van der Waals surface area contributed by atoms with Crippen LogP contribution in [0.15, 0.2) is 29.8 Å². The molecule has 0 bridgehead atoms. The number of carbonyl (C=O) groups excluding carboxylic acids is 1. The normalized spacial score (nSPS) is 22.6. The molecule has 0 spiro atoms. The molecule has 1 heterocycles. The molecular weight excluding hydrogens is 288 g/mol. The molecule has 116 valence electrons. The Morgan fingerprint density at radius 2 is 2.22 bits per heavy atom. The Labute approximate surface area is 134 Å². The van der Waals surface area contributed by atoms with E-state index in [9.17, 15) is 10.1 Å². The highest BCUT2D eigenvalue weighted by Gasteiger charge is 2.50. The minimum Gasteiger partial charge on any atom is -0.465 e. The summed E-state index contributed by atoms with van der Waals surface area (Å²) in [6.07, 6.45) is 3.11. The van der Waals surface area contributed by atoms with E-state index >= 15 is 0 Å². The lowest BCUT2D eigenvalue weighted by atomic mass is 9.70. The lowest BCUT2D eigenvalue weighted by Crippen LogP contribution is -2.38. The molecule has 1 aromatic heterocycles. The molecule has 0 radical (unpaired) electrons. The van der Waals surface area contributed by atoms with Crippen molar-refractivity contribution in [3.05, 3.63) is 41.1 Å². The van der Waals surface area contributed by atoms with Crippen molar-refractivity contribution in [2.24, 2.45) is 5.41 Å². The van der Waals surface area contributed by atoms with E-state index in [0.29, 0.717) is 13.0 Å². The van der Waals surface area contributed by atoms with Crippen molar-refractivity contribution in [1.82, 2.24) is 4.98 Å². The molecule has 23 heavy (non-hydrogen) atoms. The molecule has 2 aromatic rings. The number of fused-ring (bicyclic) bond motifs is 4. The summed E-state index contributed by atoms with van der Waals surface area (Å²) in [5.74, 6) is -0.396. The van der Waals surface area contributed by atoms with Crippen molar-refractivity contribution < 1.29 is 9.53 Å². The Morgan fingerprint density at radius 1 is 1.39 bits per heavy atom. The number of aromatic amines is 1. The Bertz CT molecular complexity index is 884. The molecule has 0 saturated carbocycles. The molecule has 0 amide bonds. The topological polar surface area (TPSA) is 65.9 Å². The SMILES string of the molecule is CCOC(=O)C1(C#N)Cc2c([nH]c3ccccc23)C2=C1CCC2. The van der Waals surface area contributed by atoms with E-state index in [4.69, 9.17) is 4.74 Å². The van der Waals surface area contributed by atoms with Crippen molar-refractivity contribution >= 4 is 22.4 Å². The first-order valence-corrected chi connectivity index (χ1v) is 8.12. The van der Waals surface area contributed by atoms with E-state index in [2.05, 4.69) is 17.1 Å². The van der Waals surface area contributed by atoms with Crippen LogP contribution in [-0.2, 0) is 16.0 Å². The van der Waals surface area contributed by atoms with Crippen LogP contribution in [-0.4, -0.2) is 17.6 Å². The maximum atomic E-state index is 12.7. The number of allylic oxidation sites excluding steroid dienone is 1. The van der Waals surface area contributed by atoms with Crippen molar-refractivity contribution in [3.8, 4) is 6.07 Å². The first kappa shape index (κ1) is 14.1. The second-order valence-electron chi connectivity index (χ2n) is 6.25. The van der Waals surface area contributed by atoms with Gasteiger partial charge in [-0.2, -0.15) is 5.26 Å². The predicted octanol–water partition coefficient (Wildman–Crippen LogP) is 3.73.